The van der Waals surface area contributed by atoms with Crippen molar-refractivity contribution in [1.29, 1.82) is 0 Å². The van der Waals surface area contributed by atoms with Crippen LogP contribution in [0.25, 0.3) is 0 Å². The highest BCUT2D eigenvalue weighted by Gasteiger charge is 2.33. The summed E-state index contributed by atoms with van der Waals surface area (Å²) in [5.41, 5.74) is -0.139. The summed E-state index contributed by atoms with van der Waals surface area (Å²) in [6.45, 7) is -0.458. The number of carbonyl (C=O) groups excluding carboxylic acids is 2. The SMILES string of the molecule is O=C(OCC(=O)N(Cc1ccccc1F)C1CC1)c1ccc(Cl)c([N+](=O)[O-])c1. The summed E-state index contributed by atoms with van der Waals surface area (Å²) in [6.07, 6.45) is 1.61. The van der Waals surface area contributed by atoms with E-state index in [0.717, 1.165) is 18.9 Å². The molecule has 0 unspecified atom stereocenters. The van der Waals surface area contributed by atoms with Crippen LogP contribution in [0.4, 0.5) is 10.1 Å². The Bertz CT molecular complexity index is 932. The molecule has 0 spiro atoms. The smallest absolute Gasteiger partial charge is 0.338 e. The lowest BCUT2D eigenvalue weighted by atomic mass is 10.2. The van der Waals surface area contributed by atoms with Crippen molar-refractivity contribution in [3.05, 3.63) is 74.5 Å². The van der Waals surface area contributed by atoms with E-state index in [2.05, 4.69) is 0 Å². The minimum absolute atomic E-state index is 0.0116. The number of hydrogen-bond acceptors (Lipinski definition) is 5. The van der Waals surface area contributed by atoms with E-state index in [4.69, 9.17) is 16.3 Å². The number of esters is 1. The molecule has 3 rings (SSSR count). The maximum Gasteiger partial charge on any atom is 0.338 e. The molecule has 0 N–H and O–H groups in total. The molecule has 1 fully saturated rings. The fourth-order valence-corrected chi connectivity index (χ4v) is 2.88. The van der Waals surface area contributed by atoms with Gasteiger partial charge in [0.1, 0.15) is 10.8 Å². The van der Waals surface area contributed by atoms with Gasteiger partial charge in [-0.25, -0.2) is 9.18 Å². The molecule has 146 valence electrons. The number of amides is 1. The first-order valence-corrected chi connectivity index (χ1v) is 8.88. The zero-order valence-electron chi connectivity index (χ0n) is 14.6. The lowest BCUT2D eigenvalue weighted by Gasteiger charge is -2.22. The third-order valence-corrected chi connectivity index (χ3v) is 4.63. The summed E-state index contributed by atoms with van der Waals surface area (Å²) in [5.74, 6) is -1.75. The second kappa shape index (κ2) is 8.35. The van der Waals surface area contributed by atoms with Crippen LogP contribution in [0, 0.1) is 15.9 Å². The molecule has 2 aromatic carbocycles. The Kier molecular flexibility index (Phi) is 5.89. The van der Waals surface area contributed by atoms with E-state index in [1.807, 2.05) is 0 Å². The number of ether oxygens (including phenoxy) is 1. The van der Waals surface area contributed by atoms with E-state index < -0.39 is 34.9 Å². The van der Waals surface area contributed by atoms with Crippen LogP contribution in [0.5, 0.6) is 0 Å². The maximum atomic E-state index is 13.9. The first-order valence-electron chi connectivity index (χ1n) is 8.50. The van der Waals surface area contributed by atoms with Gasteiger partial charge in [-0.15, -0.1) is 0 Å². The van der Waals surface area contributed by atoms with Gasteiger partial charge in [0.15, 0.2) is 6.61 Å². The number of nitro benzene ring substituents is 1. The minimum Gasteiger partial charge on any atom is -0.452 e. The Morgan fingerprint density at radius 1 is 1.25 bits per heavy atom. The van der Waals surface area contributed by atoms with E-state index >= 15 is 0 Å². The summed E-state index contributed by atoms with van der Waals surface area (Å²) >= 11 is 5.71. The molecule has 0 saturated heterocycles. The van der Waals surface area contributed by atoms with Crippen LogP contribution < -0.4 is 0 Å². The van der Waals surface area contributed by atoms with Gasteiger partial charge in [0.2, 0.25) is 0 Å². The largest absolute Gasteiger partial charge is 0.452 e. The standard InChI is InChI=1S/C19H16ClFN2O5/c20-15-8-5-12(9-17(15)23(26)27)19(25)28-11-18(24)22(14-6-7-14)10-13-3-1-2-4-16(13)21/h1-5,8-9,14H,6-7,10-11H2. The van der Waals surface area contributed by atoms with Crippen LogP contribution in [0.3, 0.4) is 0 Å². The lowest BCUT2D eigenvalue weighted by Crippen LogP contribution is -2.36. The van der Waals surface area contributed by atoms with Crippen molar-refractivity contribution in [2.45, 2.75) is 25.4 Å². The molecule has 0 aromatic heterocycles. The van der Waals surface area contributed by atoms with E-state index in [1.54, 1.807) is 18.2 Å². The molecular weight excluding hydrogens is 391 g/mol. The highest BCUT2D eigenvalue weighted by molar-refractivity contribution is 6.32. The first-order chi connectivity index (χ1) is 13.4. The molecule has 0 bridgehead atoms. The average molecular weight is 407 g/mol. The molecule has 0 atom stereocenters. The third kappa shape index (κ3) is 4.64. The van der Waals surface area contributed by atoms with Gasteiger partial charge in [0, 0.05) is 24.2 Å². The van der Waals surface area contributed by atoms with Gasteiger partial charge in [-0.05, 0) is 31.0 Å². The second-order valence-electron chi connectivity index (χ2n) is 6.34. The zero-order valence-corrected chi connectivity index (χ0v) is 15.4. The van der Waals surface area contributed by atoms with Gasteiger partial charge in [-0.3, -0.25) is 14.9 Å². The number of hydrogen-bond donors (Lipinski definition) is 0. The van der Waals surface area contributed by atoms with Crippen LogP contribution in [0.1, 0.15) is 28.8 Å². The van der Waals surface area contributed by atoms with Crippen LogP contribution >= 0.6 is 11.6 Å². The number of benzene rings is 2. The number of nitrogens with zero attached hydrogens (tertiary/aromatic N) is 2. The van der Waals surface area contributed by atoms with Crippen molar-refractivity contribution in [2.75, 3.05) is 6.61 Å². The molecule has 0 radical (unpaired) electrons. The lowest BCUT2D eigenvalue weighted by molar-refractivity contribution is -0.384. The van der Waals surface area contributed by atoms with E-state index in [1.165, 1.54) is 23.1 Å². The Balaban J connectivity index is 1.65. The van der Waals surface area contributed by atoms with Gasteiger partial charge in [0.05, 0.1) is 10.5 Å². The number of halogens is 2. The van der Waals surface area contributed by atoms with E-state index in [9.17, 15) is 24.1 Å². The van der Waals surface area contributed by atoms with E-state index in [-0.39, 0.29) is 23.2 Å². The first kappa shape index (κ1) is 19.8. The molecule has 9 heteroatoms. The molecule has 0 heterocycles. The third-order valence-electron chi connectivity index (χ3n) is 4.31. The fraction of sp³-hybridized carbons (Fsp3) is 0.263. The molecule has 2 aromatic rings. The van der Waals surface area contributed by atoms with Crippen LogP contribution in [-0.4, -0.2) is 34.3 Å². The molecule has 28 heavy (non-hydrogen) atoms. The van der Waals surface area contributed by atoms with Crippen molar-refractivity contribution in [1.82, 2.24) is 4.90 Å². The summed E-state index contributed by atoms with van der Waals surface area (Å²) in [7, 11) is 0. The minimum atomic E-state index is -0.880. The topological polar surface area (TPSA) is 89.8 Å². The molecule has 1 amide bonds. The molecule has 1 aliphatic carbocycles. The molecule has 0 aliphatic heterocycles. The Morgan fingerprint density at radius 3 is 2.61 bits per heavy atom. The fourth-order valence-electron chi connectivity index (χ4n) is 2.69. The van der Waals surface area contributed by atoms with Gasteiger partial charge in [-0.1, -0.05) is 29.8 Å². The second-order valence-corrected chi connectivity index (χ2v) is 6.75. The van der Waals surface area contributed by atoms with Gasteiger partial charge in [-0.2, -0.15) is 0 Å². The van der Waals surface area contributed by atoms with Crippen molar-refractivity contribution in [3.63, 3.8) is 0 Å². The average Bonchev–Trinajstić information content (AvgIpc) is 3.50. The van der Waals surface area contributed by atoms with Crippen molar-refractivity contribution >= 4 is 29.2 Å². The zero-order chi connectivity index (χ0) is 20.3. The summed E-state index contributed by atoms with van der Waals surface area (Å²) in [6, 6.07) is 9.63. The van der Waals surface area contributed by atoms with Gasteiger partial charge >= 0.3 is 5.97 Å². The highest BCUT2D eigenvalue weighted by Crippen LogP contribution is 2.29. The molecular formula is C19H16ClFN2O5. The number of nitro groups is 1. The van der Waals surface area contributed by atoms with Gasteiger partial charge < -0.3 is 9.64 Å². The van der Waals surface area contributed by atoms with Crippen molar-refractivity contribution in [2.24, 2.45) is 0 Å². The summed E-state index contributed by atoms with van der Waals surface area (Å²) < 4.78 is 18.9. The summed E-state index contributed by atoms with van der Waals surface area (Å²) in [4.78, 5) is 36.3. The van der Waals surface area contributed by atoms with Gasteiger partial charge in [0.25, 0.3) is 11.6 Å². The summed E-state index contributed by atoms with van der Waals surface area (Å²) in [5, 5.41) is 10.8. The Labute approximate surface area is 164 Å². The predicted molar refractivity (Wildman–Crippen MR) is 98.4 cm³/mol. The quantitative estimate of drug-likeness (QED) is 0.397. The van der Waals surface area contributed by atoms with Crippen molar-refractivity contribution in [3.8, 4) is 0 Å². The van der Waals surface area contributed by atoms with Crippen LogP contribution in [-0.2, 0) is 16.1 Å². The van der Waals surface area contributed by atoms with Crippen LogP contribution in [0.2, 0.25) is 5.02 Å². The van der Waals surface area contributed by atoms with E-state index in [0.29, 0.717) is 5.56 Å². The highest BCUT2D eigenvalue weighted by atomic mass is 35.5. The maximum absolute atomic E-state index is 13.9. The van der Waals surface area contributed by atoms with Crippen LogP contribution in [0.15, 0.2) is 42.5 Å². The normalized spacial score (nSPS) is 13.1. The van der Waals surface area contributed by atoms with Crippen molar-refractivity contribution < 1.29 is 23.6 Å². The number of rotatable bonds is 7. The molecule has 1 aliphatic rings. The molecule has 1 saturated carbocycles. The Morgan fingerprint density at radius 2 is 1.96 bits per heavy atom. The number of carbonyl (C=O) groups is 2. The molecule has 7 nitrogen and oxygen atoms in total. The Hall–Kier alpha value is -3.00. The monoisotopic (exact) mass is 406 g/mol. The predicted octanol–water partition coefficient (Wildman–Crippen LogP) is 3.74.